The molecule has 2 fully saturated rings. The lowest BCUT2D eigenvalue weighted by molar-refractivity contribution is -0.142. The number of carbonyl (C=O) groups excluding carboxylic acids is 3. The number of nitrogens with one attached hydrogen (secondary N) is 1. The third-order valence-electron chi connectivity index (χ3n) is 5.72. The Morgan fingerprint density at radius 2 is 1.66 bits per heavy atom. The summed E-state index contributed by atoms with van der Waals surface area (Å²) >= 11 is 0. The zero-order chi connectivity index (χ0) is 20.6. The zero-order valence-electron chi connectivity index (χ0n) is 15.9. The molecule has 0 bridgehead atoms. The fraction of sp³-hybridized carbons (Fsp3) is 0.450. The van der Waals surface area contributed by atoms with E-state index in [1.807, 2.05) is 12.2 Å². The molecule has 0 radical (unpaired) electrons. The number of anilines is 1. The molecule has 3 amide bonds. The lowest BCUT2D eigenvalue weighted by atomic mass is 9.85. The number of amides is 3. The smallest absolute Gasteiger partial charge is 0.244 e. The maximum atomic E-state index is 12.7. The highest BCUT2D eigenvalue weighted by Crippen LogP contribution is 2.34. The van der Waals surface area contributed by atoms with Crippen molar-refractivity contribution >= 4 is 33.4 Å². The minimum atomic E-state index is -3.59. The number of carbonyl (C=O) groups is 3. The molecule has 0 saturated carbocycles. The van der Waals surface area contributed by atoms with Crippen LogP contribution in [0.1, 0.15) is 25.7 Å². The maximum Gasteiger partial charge on any atom is 0.244 e. The molecule has 3 aliphatic rings. The Kier molecular flexibility index (Phi) is 5.26. The third kappa shape index (κ3) is 3.72. The van der Waals surface area contributed by atoms with E-state index in [1.165, 1.54) is 16.4 Å². The number of nitrogens with zero attached hydrogens (tertiary/aromatic N) is 2. The summed E-state index contributed by atoms with van der Waals surface area (Å²) in [6, 6.07) is 6.04. The third-order valence-corrected chi connectivity index (χ3v) is 7.62. The van der Waals surface area contributed by atoms with Crippen LogP contribution in [0.25, 0.3) is 0 Å². The number of hydrogen-bond donors (Lipinski definition) is 1. The molecular weight excluding hydrogens is 394 g/mol. The van der Waals surface area contributed by atoms with E-state index in [-0.39, 0.29) is 35.1 Å². The van der Waals surface area contributed by atoms with Crippen LogP contribution in [0.5, 0.6) is 0 Å². The van der Waals surface area contributed by atoms with Gasteiger partial charge in [0.15, 0.2) is 0 Å². The molecule has 2 saturated heterocycles. The van der Waals surface area contributed by atoms with E-state index < -0.39 is 15.9 Å². The van der Waals surface area contributed by atoms with Gasteiger partial charge in [0.05, 0.1) is 16.7 Å². The number of sulfonamides is 1. The van der Waals surface area contributed by atoms with E-state index in [4.69, 9.17) is 0 Å². The van der Waals surface area contributed by atoms with Crippen molar-refractivity contribution in [2.24, 2.45) is 11.8 Å². The second kappa shape index (κ2) is 7.72. The summed E-state index contributed by atoms with van der Waals surface area (Å²) in [6.45, 7) is 0.623. The van der Waals surface area contributed by atoms with Crippen molar-refractivity contribution in [1.29, 1.82) is 0 Å². The summed E-state index contributed by atoms with van der Waals surface area (Å²) in [6.07, 6.45) is 6.49. The Labute approximate surface area is 169 Å². The molecule has 0 aromatic heterocycles. The second-order valence-electron chi connectivity index (χ2n) is 7.61. The van der Waals surface area contributed by atoms with Gasteiger partial charge in [-0.15, -0.1) is 0 Å². The topological polar surface area (TPSA) is 104 Å². The van der Waals surface area contributed by atoms with Crippen LogP contribution in [-0.2, 0) is 24.4 Å². The molecule has 9 heteroatoms. The van der Waals surface area contributed by atoms with Gasteiger partial charge in [-0.05, 0) is 43.9 Å². The SMILES string of the molecule is O=C(CN1C(=O)C2CC=CCC2C1=O)Nc1cccc(S(=O)(=O)N2CCCC2)c1. The molecule has 1 aromatic carbocycles. The summed E-state index contributed by atoms with van der Waals surface area (Å²) in [7, 11) is -3.59. The van der Waals surface area contributed by atoms with Crippen LogP contribution in [0.2, 0.25) is 0 Å². The van der Waals surface area contributed by atoms with Gasteiger partial charge in [0, 0.05) is 18.8 Å². The molecule has 1 aromatic rings. The quantitative estimate of drug-likeness (QED) is 0.576. The van der Waals surface area contributed by atoms with Crippen LogP contribution < -0.4 is 5.32 Å². The Balaban J connectivity index is 1.44. The van der Waals surface area contributed by atoms with Gasteiger partial charge in [-0.25, -0.2) is 8.42 Å². The van der Waals surface area contributed by atoms with Crippen molar-refractivity contribution in [3.8, 4) is 0 Å². The van der Waals surface area contributed by atoms with Gasteiger partial charge < -0.3 is 5.32 Å². The fourth-order valence-corrected chi connectivity index (χ4v) is 5.74. The molecule has 4 rings (SSSR count). The highest BCUT2D eigenvalue weighted by atomic mass is 32.2. The lowest BCUT2D eigenvalue weighted by Gasteiger charge is -2.17. The minimum Gasteiger partial charge on any atom is -0.324 e. The predicted octanol–water partition coefficient (Wildman–Crippen LogP) is 1.36. The molecule has 1 aliphatic carbocycles. The van der Waals surface area contributed by atoms with Crippen molar-refractivity contribution in [3.05, 3.63) is 36.4 Å². The number of likely N-dealkylation sites (tertiary alicyclic amines) is 1. The number of fused-ring (bicyclic) bond motifs is 1. The molecule has 154 valence electrons. The van der Waals surface area contributed by atoms with Crippen molar-refractivity contribution in [2.45, 2.75) is 30.6 Å². The maximum absolute atomic E-state index is 12.7. The van der Waals surface area contributed by atoms with Gasteiger partial charge in [0.2, 0.25) is 27.7 Å². The first-order chi connectivity index (χ1) is 13.9. The van der Waals surface area contributed by atoms with E-state index in [0.717, 1.165) is 17.7 Å². The van der Waals surface area contributed by atoms with Crippen LogP contribution in [0.4, 0.5) is 5.69 Å². The van der Waals surface area contributed by atoms with Crippen LogP contribution in [-0.4, -0.2) is 55.0 Å². The van der Waals surface area contributed by atoms with E-state index in [1.54, 1.807) is 12.1 Å². The molecule has 8 nitrogen and oxygen atoms in total. The van der Waals surface area contributed by atoms with E-state index in [2.05, 4.69) is 5.32 Å². The van der Waals surface area contributed by atoms with Crippen LogP contribution in [0.15, 0.2) is 41.3 Å². The van der Waals surface area contributed by atoms with Gasteiger partial charge >= 0.3 is 0 Å². The number of benzene rings is 1. The minimum absolute atomic E-state index is 0.114. The highest BCUT2D eigenvalue weighted by molar-refractivity contribution is 7.89. The molecule has 2 aliphatic heterocycles. The van der Waals surface area contributed by atoms with Crippen molar-refractivity contribution in [2.75, 3.05) is 25.0 Å². The average molecular weight is 417 g/mol. The van der Waals surface area contributed by atoms with Gasteiger partial charge in [-0.1, -0.05) is 18.2 Å². The molecule has 2 atom stereocenters. The number of rotatable bonds is 5. The zero-order valence-corrected chi connectivity index (χ0v) is 16.7. The van der Waals surface area contributed by atoms with Gasteiger partial charge in [0.1, 0.15) is 6.54 Å². The monoisotopic (exact) mass is 417 g/mol. The van der Waals surface area contributed by atoms with Gasteiger partial charge in [-0.2, -0.15) is 4.31 Å². The first kappa shape index (κ1) is 19.8. The van der Waals surface area contributed by atoms with Crippen molar-refractivity contribution in [1.82, 2.24) is 9.21 Å². The molecular formula is C20H23N3O5S. The Morgan fingerprint density at radius 1 is 1.03 bits per heavy atom. The first-order valence-electron chi connectivity index (χ1n) is 9.78. The summed E-state index contributed by atoms with van der Waals surface area (Å²) < 4.78 is 26.8. The van der Waals surface area contributed by atoms with Crippen LogP contribution >= 0.6 is 0 Å². The molecule has 0 spiro atoms. The fourth-order valence-electron chi connectivity index (χ4n) is 4.18. The Hall–Kier alpha value is -2.52. The van der Waals surface area contributed by atoms with Crippen LogP contribution in [0.3, 0.4) is 0 Å². The number of imide groups is 1. The first-order valence-corrected chi connectivity index (χ1v) is 11.2. The largest absolute Gasteiger partial charge is 0.324 e. The van der Waals surface area contributed by atoms with E-state index in [9.17, 15) is 22.8 Å². The molecule has 2 heterocycles. The average Bonchev–Trinajstić information content (AvgIpc) is 3.33. The standard InChI is InChI=1S/C20H23N3O5S/c24-18(13-23-19(25)16-8-1-2-9-17(16)20(23)26)21-14-6-5-7-15(12-14)29(27,28)22-10-3-4-11-22/h1-2,5-7,12,16-17H,3-4,8-11,13H2,(H,21,24). The summed E-state index contributed by atoms with van der Waals surface area (Å²) in [5.74, 6) is -1.92. The Bertz CT molecular complexity index is 956. The van der Waals surface area contributed by atoms with Gasteiger partial charge in [0.25, 0.3) is 0 Å². The van der Waals surface area contributed by atoms with E-state index in [0.29, 0.717) is 31.6 Å². The van der Waals surface area contributed by atoms with E-state index >= 15 is 0 Å². The predicted molar refractivity (Wildman–Crippen MR) is 105 cm³/mol. The van der Waals surface area contributed by atoms with Crippen molar-refractivity contribution in [3.63, 3.8) is 0 Å². The number of allylic oxidation sites excluding steroid dienone is 2. The molecule has 29 heavy (non-hydrogen) atoms. The highest BCUT2D eigenvalue weighted by Gasteiger charge is 2.47. The summed E-state index contributed by atoms with van der Waals surface area (Å²) in [5, 5.41) is 2.61. The van der Waals surface area contributed by atoms with Gasteiger partial charge in [-0.3, -0.25) is 19.3 Å². The summed E-state index contributed by atoms with van der Waals surface area (Å²) in [4.78, 5) is 38.5. The summed E-state index contributed by atoms with van der Waals surface area (Å²) in [5.41, 5.74) is 0.313. The van der Waals surface area contributed by atoms with Crippen LogP contribution in [0, 0.1) is 11.8 Å². The molecule has 2 unspecified atom stereocenters. The molecule has 1 N–H and O–H groups in total. The van der Waals surface area contributed by atoms with Crippen molar-refractivity contribution < 1.29 is 22.8 Å². The lowest BCUT2D eigenvalue weighted by Crippen LogP contribution is -2.38. The second-order valence-corrected chi connectivity index (χ2v) is 9.54. The normalized spacial score (nSPS) is 24.8. The number of hydrogen-bond acceptors (Lipinski definition) is 5. The Morgan fingerprint density at radius 3 is 2.28 bits per heavy atom.